The van der Waals surface area contributed by atoms with Gasteiger partial charge in [-0.15, -0.1) is 0 Å². The lowest BCUT2D eigenvalue weighted by Gasteiger charge is -2.07. The highest BCUT2D eigenvalue weighted by molar-refractivity contribution is 7.90. The Hall–Kier alpha value is -1.75. The summed E-state index contributed by atoms with van der Waals surface area (Å²) in [5.41, 5.74) is 3.63. The fourth-order valence-electron chi connectivity index (χ4n) is 2.58. The average molecular weight is 288 g/mol. The van der Waals surface area contributed by atoms with Gasteiger partial charge in [0.1, 0.15) is 0 Å². The third-order valence-electron chi connectivity index (χ3n) is 3.74. The molecule has 0 atom stereocenters. The van der Waals surface area contributed by atoms with Gasteiger partial charge in [-0.3, -0.25) is 9.97 Å². The summed E-state index contributed by atoms with van der Waals surface area (Å²) in [6.07, 6.45) is 6.24. The van der Waals surface area contributed by atoms with Gasteiger partial charge in [-0.25, -0.2) is 8.42 Å². The van der Waals surface area contributed by atoms with Crippen molar-refractivity contribution in [2.45, 2.75) is 36.8 Å². The molecule has 0 saturated heterocycles. The Balaban J connectivity index is 1.94. The summed E-state index contributed by atoms with van der Waals surface area (Å²) < 4.78 is 25.0. The van der Waals surface area contributed by atoms with E-state index in [-0.39, 0.29) is 5.75 Å². The maximum Gasteiger partial charge on any atom is 0.184 e. The molecule has 0 N–H and O–H groups in total. The van der Waals surface area contributed by atoms with Crippen LogP contribution in [0.4, 0.5) is 0 Å². The van der Waals surface area contributed by atoms with E-state index < -0.39 is 9.84 Å². The van der Waals surface area contributed by atoms with Crippen LogP contribution < -0.4 is 0 Å². The molecule has 0 saturated carbocycles. The largest absolute Gasteiger partial charge is 0.258 e. The van der Waals surface area contributed by atoms with Gasteiger partial charge < -0.3 is 0 Å². The standard InChI is InChI=1S/C15H16N2O2S/c1-11-15(17-8-7-16-11)10-20(18,19)14-6-5-12-3-2-4-13(12)9-14/h5-9H,2-4,10H2,1H3. The molecule has 0 amide bonds. The first kappa shape index (κ1) is 13.2. The van der Waals surface area contributed by atoms with Crippen LogP contribution in [0.3, 0.4) is 0 Å². The fraction of sp³-hybridized carbons (Fsp3) is 0.333. The number of hydrogen-bond donors (Lipinski definition) is 0. The van der Waals surface area contributed by atoms with Crippen LogP contribution in [0, 0.1) is 6.92 Å². The van der Waals surface area contributed by atoms with Gasteiger partial charge in [0, 0.05) is 12.4 Å². The number of hydrogen-bond acceptors (Lipinski definition) is 4. The first-order valence-corrected chi connectivity index (χ1v) is 8.32. The lowest BCUT2D eigenvalue weighted by Crippen LogP contribution is -2.09. The number of benzene rings is 1. The normalized spacial score (nSPS) is 14.2. The molecule has 3 rings (SSSR count). The van der Waals surface area contributed by atoms with Crippen molar-refractivity contribution in [2.24, 2.45) is 0 Å². The van der Waals surface area contributed by atoms with Gasteiger partial charge in [0.25, 0.3) is 0 Å². The SMILES string of the molecule is Cc1nccnc1CS(=O)(=O)c1ccc2c(c1)CCC2. The minimum atomic E-state index is -3.36. The Morgan fingerprint density at radius 1 is 1.10 bits per heavy atom. The summed E-state index contributed by atoms with van der Waals surface area (Å²) >= 11 is 0. The average Bonchev–Trinajstić information content (AvgIpc) is 2.88. The number of fused-ring (bicyclic) bond motifs is 1. The first-order chi connectivity index (χ1) is 9.56. The Kier molecular flexibility index (Phi) is 3.30. The highest BCUT2D eigenvalue weighted by Gasteiger charge is 2.20. The van der Waals surface area contributed by atoms with Crippen LogP contribution in [0.1, 0.15) is 28.9 Å². The van der Waals surface area contributed by atoms with Crippen molar-refractivity contribution < 1.29 is 8.42 Å². The molecule has 1 heterocycles. The highest BCUT2D eigenvalue weighted by atomic mass is 32.2. The van der Waals surface area contributed by atoms with Gasteiger partial charge in [0.2, 0.25) is 0 Å². The van der Waals surface area contributed by atoms with E-state index in [0.29, 0.717) is 16.3 Å². The molecule has 0 spiro atoms. The highest BCUT2D eigenvalue weighted by Crippen LogP contribution is 2.26. The number of nitrogens with zero attached hydrogens (tertiary/aromatic N) is 2. The fourth-order valence-corrected chi connectivity index (χ4v) is 3.99. The second-order valence-electron chi connectivity index (χ2n) is 5.13. The maximum atomic E-state index is 12.5. The van der Waals surface area contributed by atoms with E-state index in [2.05, 4.69) is 9.97 Å². The molecule has 2 aromatic rings. The molecular formula is C15H16N2O2S. The van der Waals surface area contributed by atoms with Crippen LogP contribution in [0.25, 0.3) is 0 Å². The molecule has 0 unspecified atom stereocenters. The minimum absolute atomic E-state index is 0.0918. The second kappa shape index (κ2) is 4.98. The topological polar surface area (TPSA) is 59.9 Å². The molecule has 20 heavy (non-hydrogen) atoms. The maximum absolute atomic E-state index is 12.5. The van der Waals surface area contributed by atoms with Crippen molar-refractivity contribution in [3.8, 4) is 0 Å². The number of rotatable bonds is 3. The quantitative estimate of drug-likeness (QED) is 0.869. The molecule has 1 aliphatic carbocycles. The molecular weight excluding hydrogens is 272 g/mol. The van der Waals surface area contributed by atoms with Gasteiger partial charge in [0.15, 0.2) is 9.84 Å². The predicted molar refractivity (Wildman–Crippen MR) is 76.1 cm³/mol. The van der Waals surface area contributed by atoms with Crippen molar-refractivity contribution in [1.29, 1.82) is 0 Å². The predicted octanol–water partition coefficient (Wildman–Crippen LogP) is 2.25. The summed E-state index contributed by atoms with van der Waals surface area (Å²) in [7, 11) is -3.36. The number of aryl methyl sites for hydroxylation is 3. The summed E-state index contributed by atoms with van der Waals surface area (Å²) in [6, 6.07) is 5.48. The smallest absolute Gasteiger partial charge is 0.184 e. The van der Waals surface area contributed by atoms with E-state index in [4.69, 9.17) is 0 Å². The number of aromatic nitrogens is 2. The van der Waals surface area contributed by atoms with E-state index in [1.807, 2.05) is 12.1 Å². The van der Waals surface area contributed by atoms with Crippen molar-refractivity contribution >= 4 is 9.84 Å². The van der Waals surface area contributed by atoms with Crippen LogP contribution in [-0.2, 0) is 28.4 Å². The lowest BCUT2D eigenvalue weighted by molar-refractivity contribution is 0.594. The second-order valence-corrected chi connectivity index (χ2v) is 7.12. The molecule has 104 valence electrons. The molecule has 0 aliphatic heterocycles. The van der Waals surface area contributed by atoms with Crippen LogP contribution in [0.15, 0.2) is 35.5 Å². The minimum Gasteiger partial charge on any atom is -0.258 e. The lowest BCUT2D eigenvalue weighted by atomic mass is 10.1. The van der Waals surface area contributed by atoms with E-state index in [9.17, 15) is 8.42 Å². The zero-order chi connectivity index (χ0) is 14.2. The molecule has 5 heteroatoms. The molecule has 4 nitrogen and oxygen atoms in total. The Labute approximate surface area is 118 Å². The Morgan fingerprint density at radius 2 is 1.85 bits per heavy atom. The Morgan fingerprint density at radius 3 is 2.65 bits per heavy atom. The third kappa shape index (κ3) is 2.45. The van der Waals surface area contributed by atoms with E-state index >= 15 is 0 Å². The molecule has 1 aromatic heterocycles. The summed E-state index contributed by atoms with van der Waals surface area (Å²) in [5, 5.41) is 0. The van der Waals surface area contributed by atoms with Crippen LogP contribution >= 0.6 is 0 Å². The van der Waals surface area contributed by atoms with Crippen molar-refractivity contribution in [3.63, 3.8) is 0 Å². The van der Waals surface area contributed by atoms with Crippen molar-refractivity contribution in [2.75, 3.05) is 0 Å². The third-order valence-corrected chi connectivity index (χ3v) is 5.36. The zero-order valence-electron chi connectivity index (χ0n) is 11.3. The monoisotopic (exact) mass is 288 g/mol. The summed E-state index contributed by atoms with van der Waals surface area (Å²) in [5.74, 6) is -0.0918. The van der Waals surface area contributed by atoms with Crippen LogP contribution in [-0.4, -0.2) is 18.4 Å². The molecule has 0 radical (unpaired) electrons. The van der Waals surface area contributed by atoms with Crippen LogP contribution in [0.5, 0.6) is 0 Å². The van der Waals surface area contributed by atoms with E-state index in [1.165, 1.54) is 17.3 Å². The molecule has 1 aromatic carbocycles. The zero-order valence-corrected chi connectivity index (χ0v) is 12.2. The summed E-state index contributed by atoms with van der Waals surface area (Å²) in [4.78, 5) is 8.60. The molecule has 0 bridgehead atoms. The van der Waals surface area contributed by atoms with Gasteiger partial charge >= 0.3 is 0 Å². The van der Waals surface area contributed by atoms with Gasteiger partial charge in [-0.1, -0.05) is 6.07 Å². The molecule has 0 fully saturated rings. The Bertz CT molecular complexity index is 754. The molecule has 1 aliphatic rings. The van der Waals surface area contributed by atoms with Gasteiger partial charge in [-0.2, -0.15) is 0 Å². The van der Waals surface area contributed by atoms with Crippen molar-refractivity contribution in [1.82, 2.24) is 9.97 Å². The van der Waals surface area contributed by atoms with E-state index in [1.54, 1.807) is 19.2 Å². The number of sulfone groups is 1. The first-order valence-electron chi connectivity index (χ1n) is 6.67. The van der Waals surface area contributed by atoms with Crippen LogP contribution in [0.2, 0.25) is 0 Å². The van der Waals surface area contributed by atoms with E-state index in [0.717, 1.165) is 19.3 Å². The van der Waals surface area contributed by atoms with Gasteiger partial charge in [0.05, 0.1) is 22.0 Å². The van der Waals surface area contributed by atoms with Gasteiger partial charge in [-0.05, 0) is 49.4 Å². The van der Waals surface area contributed by atoms with Crippen molar-refractivity contribution in [3.05, 3.63) is 53.1 Å². The summed E-state index contributed by atoms with van der Waals surface area (Å²) in [6.45, 7) is 1.78.